The number of nitro groups is 1. The lowest BCUT2D eigenvalue weighted by molar-refractivity contribution is -0.384. The van der Waals surface area contributed by atoms with Gasteiger partial charge in [0.25, 0.3) is 5.69 Å². The molecule has 0 bridgehead atoms. The van der Waals surface area contributed by atoms with Crippen molar-refractivity contribution < 1.29 is 4.92 Å². The number of aromatic amines is 1. The van der Waals surface area contributed by atoms with Crippen LogP contribution in [0.15, 0.2) is 24.4 Å². The van der Waals surface area contributed by atoms with Gasteiger partial charge in [-0.2, -0.15) is 5.10 Å². The number of aromatic nitrogens is 2. The van der Waals surface area contributed by atoms with E-state index >= 15 is 0 Å². The number of rotatable bonds is 5. The van der Waals surface area contributed by atoms with E-state index in [0.29, 0.717) is 6.04 Å². The van der Waals surface area contributed by atoms with Gasteiger partial charge in [0.05, 0.1) is 16.8 Å². The van der Waals surface area contributed by atoms with E-state index in [4.69, 9.17) is 0 Å². The second-order valence-corrected chi connectivity index (χ2v) is 5.18. The van der Waals surface area contributed by atoms with E-state index in [9.17, 15) is 10.1 Å². The van der Waals surface area contributed by atoms with Crippen LogP contribution in [-0.4, -0.2) is 21.2 Å². The molecule has 0 radical (unpaired) electrons. The first kappa shape index (κ1) is 12.8. The van der Waals surface area contributed by atoms with Crippen molar-refractivity contribution in [3.63, 3.8) is 0 Å². The number of non-ortho nitro benzene ring substituents is 1. The van der Waals surface area contributed by atoms with Gasteiger partial charge in [0.2, 0.25) is 0 Å². The SMILES string of the molecule is Cc1ccc([N+](=O)[O-])cc1-c1[nH]ncc1CNC1CC1. The molecule has 6 nitrogen and oxygen atoms in total. The molecule has 1 saturated carbocycles. The molecule has 1 aliphatic carbocycles. The van der Waals surface area contributed by atoms with Gasteiger partial charge in [-0.1, -0.05) is 6.07 Å². The molecule has 0 aliphatic heterocycles. The Kier molecular flexibility index (Phi) is 3.23. The van der Waals surface area contributed by atoms with Crippen molar-refractivity contribution in [1.29, 1.82) is 0 Å². The molecular formula is C14H16N4O2. The van der Waals surface area contributed by atoms with Crippen LogP contribution in [0.5, 0.6) is 0 Å². The Balaban J connectivity index is 1.93. The molecule has 1 aromatic heterocycles. The maximum atomic E-state index is 10.9. The number of H-pyrrole nitrogens is 1. The summed E-state index contributed by atoms with van der Waals surface area (Å²) in [5.74, 6) is 0. The zero-order chi connectivity index (χ0) is 14.1. The Morgan fingerprint density at radius 1 is 1.50 bits per heavy atom. The molecule has 1 fully saturated rings. The highest BCUT2D eigenvalue weighted by Gasteiger charge is 2.21. The molecule has 2 N–H and O–H groups in total. The van der Waals surface area contributed by atoms with E-state index < -0.39 is 0 Å². The molecule has 3 rings (SSSR count). The van der Waals surface area contributed by atoms with Crippen molar-refractivity contribution >= 4 is 5.69 Å². The monoisotopic (exact) mass is 272 g/mol. The van der Waals surface area contributed by atoms with Crippen molar-refractivity contribution in [2.45, 2.75) is 32.4 Å². The summed E-state index contributed by atoms with van der Waals surface area (Å²) in [6, 6.07) is 5.51. The van der Waals surface area contributed by atoms with Crippen LogP contribution < -0.4 is 5.32 Å². The normalized spacial score (nSPS) is 14.4. The molecule has 0 spiro atoms. The molecule has 0 atom stereocenters. The summed E-state index contributed by atoms with van der Waals surface area (Å²) < 4.78 is 0. The third-order valence-electron chi connectivity index (χ3n) is 3.58. The quantitative estimate of drug-likeness (QED) is 0.647. The standard InChI is InChI=1S/C14H16N4O2/c1-9-2-5-12(18(19)20)6-13(9)14-10(8-16-17-14)7-15-11-3-4-11/h2,5-6,8,11,15H,3-4,7H2,1H3,(H,16,17). The molecule has 0 amide bonds. The van der Waals surface area contributed by atoms with Crippen molar-refractivity contribution in [1.82, 2.24) is 15.5 Å². The topological polar surface area (TPSA) is 83.8 Å². The lowest BCUT2D eigenvalue weighted by atomic mass is 10.0. The van der Waals surface area contributed by atoms with Crippen LogP contribution in [0.4, 0.5) is 5.69 Å². The third-order valence-corrected chi connectivity index (χ3v) is 3.58. The second kappa shape index (κ2) is 5.05. The van der Waals surface area contributed by atoms with E-state index in [0.717, 1.165) is 28.9 Å². The van der Waals surface area contributed by atoms with Crippen molar-refractivity contribution in [2.24, 2.45) is 0 Å². The summed E-state index contributed by atoms with van der Waals surface area (Å²) in [6.07, 6.45) is 4.23. The predicted octanol–water partition coefficient (Wildman–Crippen LogP) is 2.55. The summed E-state index contributed by atoms with van der Waals surface area (Å²) in [4.78, 5) is 10.5. The first-order valence-corrected chi connectivity index (χ1v) is 6.66. The van der Waals surface area contributed by atoms with Gasteiger partial charge < -0.3 is 5.32 Å². The van der Waals surface area contributed by atoms with Crippen LogP contribution >= 0.6 is 0 Å². The van der Waals surface area contributed by atoms with Gasteiger partial charge in [0.1, 0.15) is 0 Å². The largest absolute Gasteiger partial charge is 0.310 e. The van der Waals surface area contributed by atoms with Gasteiger partial charge in [0.15, 0.2) is 0 Å². The second-order valence-electron chi connectivity index (χ2n) is 5.18. The van der Waals surface area contributed by atoms with Crippen LogP contribution in [0.3, 0.4) is 0 Å². The summed E-state index contributed by atoms with van der Waals surface area (Å²) in [5, 5.41) is 21.4. The van der Waals surface area contributed by atoms with Gasteiger partial charge in [0, 0.05) is 35.8 Å². The van der Waals surface area contributed by atoms with Gasteiger partial charge >= 0.3 is 0 Å². The Morgan fingerprint density at radius 2 is 2.30 bits per heavy atom. The molecule has 0 saturated heterocycles. The van der Waals surface area contributed by atoms with E-state index in [1.54, 1.807) is 18.3 Å². The first-order valence-electron chi connectivity index (χ1n) is 6.66. The van der Waals surface area contributed by atoms with Crippen molar-refractivity contribution in [2.75, 3.05) is 0 Å². The molecule has 0 unspecified atom stereocenters. The van der Waals surface area contributed by atoms with Crippen LogP contribution in [0.25, 0.3) is 11.3 Å². The number of hydrogen-bond acceptors (Lipinski definition) is 4. The van der Waals surface area contributed by atoms with E-state index in [1.165, 1.54) is 18.9 Å². The van der Waals surface area contributed by atoms with E-state index in [-0.39, 0.29) is 10.6 Å². The fourth-order valence-corrected chi connectivity index (χ4v) is 2.21. The minimum Gasteiger partial charge on any atom is -0.310 e. The average molecular weight is 272 g/mol. The Labute approximate surface area is 116 Å². The first-order chi connectivity index (χ1) is 9.65. The molecule has 1 heterocycles. The van der Waals surface area contributed by atoms with E-state index in [1.807, 2.05) is 6.92 Å². The lowest BCUT2D eigenvalue weighted by Gasteiger charge is -2.07. The van der Waals surface area contributed by atoms with Crippen molar-refractivity contribution in [3.05, 3.63) is 45.6 Å². The highest BCUT2D eigenvalue weighted by atomic mass is 16.6. The molecule has 6 heteroatoms. The van der Waals surface area contributed by atoms with Crippen LogP contribution in [0.1, 0.15) is 24.0 Å². The van der Waals surface area contributed by atoms with Crippen molar-refractivity contribution in [3.8, 4) is 11.3 Å². The molecule has 1 aliphatic rings. The van der Waals surface area contributed by atoms with Crippen LogP contribution in [-0.2, 0) is 6.54 Å². The summed E-state index contributed by atoms with van der Waals surface area (Å²) in [6.45, 7) is 2.68. The third kappa shape index (κ3) is 2.55. The van der Waals surface area contributed by atoms with Gasteiger partial charge in [-0.3, -0.25) is 15.2 Å². The number of hydrogen-bond donors (Lipinski definition) is 2. The number of aryl methyl sites for hydroxylation is 1. The van der Waals surface area contributed by atoms with Gasteiger partial charge in [-0.05, 0) is 25.3 Å². The molecule has 104 valence electrons. The van der Waals surface area contributed by atoms with E-state index in [2.05, 4.69) is 15.5 Å². The fourth-order valence-electron chi connectivity index (χ4n) is 2.21. The molecular weight excluding hydrogens is 256 g/mol. The summed E-state index contributed by atoms with van der Waals surface area (Å²) >= 11 is 0. The zero-order valence-corrected chi connectivity index (χ0v) is 11.2. The maximum absolute atomic E-state index is 10.9. The number of nitrogens with one attached hydrogen (secondary N) is 2. The number of nitrogens with zero attached hydrogens (tertiary/aromatic N) is 2. The summed E-state index contributed by atoms with van der Waals surface area (Å²) in [7, 11) is 0. The number of nitro benzene ring substituents is 1. The average Bonchev–Trinajstić information content (AvgIpc) is 3.14. The van der Waals surface area contributed by atoms with Crippen LogP contribution in [0.2, 0.25) is 0 Å². The number of benzene rings is 1. The van der Waals surface area contributed by atoms with Crippen LogP contribution in [0, 0.1) is 17.0 Å². The minimum absolute atomic E-state index is 0.0984. The zero-order valence-electron chi connectivity index (χ0n) is 11.2. The molecule has 1 aromatic carbocycles. The molecule has 20 heavy (non-hydrogen) atoms. The Bertz CT molecular complexity index is 646. The van der Waals surface area contributed by atoms with Gasteiger partial charge in [-0.15, -0.1) is 0 Å². The predicted molar refractivity (Wildman–Crippen MR) is 75.3 cm³/mol. The van der Waals surface area contributed by atoms with Gasteiger partial charge in [-0.25, -0.2) is 0 Å². The molecule has 2 aromatic rings. The minimum atomic E-state index is -0.374. The maximum Gasteiger partial charge on any atom is 0.270 e. The highest BCUT2D eigenvalue weighted by molar-refractivity contribution is 5.69. The Morgan fingerprint density at radius 3 is 3.00 bits per heavy atom. The Hall–Kier alpha value is -2.21. The smallest absolute Gasteiger partial charge is 0.270 e. The summed E-state index contributed by atoms with van der Waals surface area (Å²) in [5.41, 5.74) is 3.83. The lowest BCUT2D eigenvalue weighted by Crippen LogP contribution is -2.15. The fraction of sp³-hybridized carbons (Fsp3) is 0.357. The highest BCUT2D eigenvalue weighted by Crippen LogP contribution is 2.29.